The molecular formula is C18H24N4O2. The van der Waals surface area contributed by atoms with Crippen molar-refractivity contribution in [1.29, 1.82) is 0 Å². The average molecular weight is 328 g/mol. The number of benzene rings is 1. The third-order valence-electron chi connectivity index (χ3n) is 4.83. The fourth-order valence-corrected chi connectivity index (χ4v) is 3.09. The van der Waals surface area contributed by atoms with Crippen LogP contribution in [0, 0.1) is 5.41 Å². The predicted molar refractivity (Wildman–Crippen MR) is 93.8 cm³/mol. The summed E-state index contributed by atoms with van der Waals surface area (Å²) in [7, 11) is 0. The molecule has 1 amide bonds. The lowest BCUT2D eigenvalue weighted by molar-refractivity contribution is -0.121. The molecule has 128 valence electrons. The van der Waals surface area contributed by atoms with Crippen LogP contribution in [0.4, 0.5) is 0 Å². The summed E-state index contributed by atoms with van der Waals surface area (Å²) < 4.78 is 1.51. The van der Waals surface area contributed by atoms with E-state index in [1.165, 1.54) is 10.9 Å². The summed E-state index contributed by atoms with van der Waals surface area (Å²) in [6.45, 7) is 5.26. The summed E-state index contributed by atoms with van der Waals surface area (Å²) in [6.07, 6.45) is 3.95. The molecule has 2 heterocycles. The zero-order valence-corrected chi connectivity index (χ0v) is 14.0. The minimum Gasteiger partial charge on any atom is -0.355 e. The van der Waals surface area contributed by atoms with E-state index < -0.39 is 0 Å². The van der Waals surface area contributed by atoms with E-state index in [2.05, 4.69) is 22.5 Å². The first-order valence-corrected chi connectivity index (χ1v) is 8.49. The van der Waals surface area contributed by atoms with Crippen LogP contribution in [0.2, 0.25) is 0 Å². The Bertz CT molecular complexity index is 778. The fourth-order valence-electron chi connectivity index (χ4n) is 3.09. The molecule has 0 saturated carbocycles. The molecule has 1 fully saturated rings. The van der Waals surface area contributed by atoms with Gasteiger partial charge in [-0.05, 0) is 43.5 Å². The Morgan fingerprint density at radius 3 is 2.88 bits per heavy atom. The SMILES string of the molecule is CC1(CNC(=O)CCn2cnc3ccccc3c2=O)CCNCC1. The Morgan fingerprint density at radius 1 is 1.33 bits per heavy atom. The highest BCUT2D eigenvalue weighted by Gasteiger charge is 2.26. The Kier molecular flexibility index (Phi) is 4.94. The summed E-state index contributed by atoms with van der Waals surface area (Å²) >= 11 is 0. The number of nitrogens with one attached hydrogen (secondary N) is 2. The molecule has 0 bridgehead atoms. The number of hydrogen-bond donors (Lipinski definition) is 2. The zero-order valence-electron chi connectivity index (χ0n) is 14.0. The van der Waals surface area contributed by atoms with Gasteiger partial charge in [0.1, 0.15) is 0 Å². The van der Waals surface area contributed by atoms with Crippen molar-refractivity contribution in [1.82, 2.24) is 20.2 Å². The Balaban J connectivity index is 1.56. The Labute approximate surface area is 141 Å². The van der Waals surface area contributed by atoms with E-state index in [0.717, 1.165) is 25.9 Å². The van der Waals surface area contributed by atoms with E-state index in [1.54, 1.807) is 6.07 Å². The van der Waals surface area contributed by atoms with E-state index in [4.69, 9.17) is 0 Å². The number of aryl methyl sites for hydroxylation is 1. The molecule has 0 aliphatic carbocycles. The van der Waals surface area contributed by atoms with E-state index in [1.807, 2.05) is 18.2 Å². The highest BCUT2D eigenvalue weighted by atomic mass is 16.1. The molecule has 2 N–H and O–H groups in total. The second-order valence-electron chi connectivity index (χ2n) is 6.85. The minimum atomic E-state index is -0.0984. The Morgan fingerprint density at radius 2 is 2.08 bits per heavy atom. The van der Waals surface area contributed by atoms with E-state index >= 15 is 0 Å². The lowest BCUT2D eigenvalue weighted by atomic mass is 9.81. The second kappa shape index (κ2) is 7.13. The molecule has 0 unspecified atom stereocenters. The number of piperidine rings is 1. The van der Waals surface area contributed by atoms with Gasteiger partial charge in [0.2, 0.25) is 5.91 Å². The maximum atomic E-state index is 12.4. The zero-order chi connectivity index (χ0) is 17.0. The molecule has 1 aromatic heterocycles. The van der Waals surface area contributed by atoms with Gasteiger partial charge in [-0.2, -0.15) is 0 Å². The Hall–Kier alpha value is -2.21. The standard InChI is InChI=1S/C18H24N4O2/c1-18(7-9-19-10-8-18)12-20-16(23)6-11-22-13-21-15-5-3-2-4-14(15)17(22)24/h2-5,13,19H,6-12H2,1H3,(H,20,23). The van der Waals surface area contributed by atoms with Crippen LogP contribution in [-0.4, -0.2) is 35.1 Å². The van der Waals surface area contributed by atoms with Crippen LogP contribution in [0.15, 0.2) is 35.4 Å². The summed E-state index contributed by atoms with van der Waals surface area (Å²) in [5.74, 6) is -0.0187. The highest BCUT2D eigenvalue weighted by molar-refractivity contribution is 5.77. The number of nitrogens with zero attached hydrogens (tertiary/aromatic N) is 2. The van der Waals surface area contributed by atoms with Gasteiger partial charge in [-0.1, -0.05) is 19.1 Å². The second-order valence-corrected chi connectivity index (χ2v) is 6.85. The largest absolute Gasteiger partial charge is 0.355 e. The molecular weight excluding hydrogens is 304 g/mol. The molecule has 2 aromatic rings. The number of para-hydroxylation sites is 1. The quantitative estimate of drug-likeness (QED) is 0.867. The molecule has 6 heteroatoms. The van der Waals surface area contributed by atoms with Crippen molar-refractivity contribution < 1.29 is 4.79 Å². The van der Waals surface area contributed by atoms with Crippen molar-refractivity contribution in [3.63, 3.8) is 0 Å². The van der Waals surface area contributed by atoms with Gasteiger partial charge in [0.05, 0.1) is 17.2 Å². The minimum absolute atomic E-state index is 0.0187. The van der Waals surface area contributed by atoms with Crippen LogP contribution in [-0.2, 0) is 11.3 Å². The van der Waals surface area contributed by atoms with Crippen LogP contribution in [0.1, 0.15) is 26.2 Å². The monoisotopic (exact) mass is 328 g/mol. The average Bonchev–Trinajstić information content (AvgIpc) is 2.60. The van der Waals surface area contributed by atoms with Gasteiger partial charge in [-0.15, -0.1) is 0 Å². The number of amides is 1. The number of fused-ring (bicyclic) bond motifs is 1. The first-order valence-electron chi connectivity index (χ1n) is 8.49. The van der Waals surface area contributed by atoms with Gasteiger partial charge in [0, 0.05) is 19.5 Å². The third-order valence-corrected chi connectivity index (χ3v) is 4.83. The van der Waals surface area contributed by atoms with Crippen LogP contribution in [0.3, 0.4) is 0 Å². The van der Waals surface area contributed by atoms with Gasteiger partial charge >= 0.3 is 0 Å². The van der Waals surface area contributed by atoms with E-state index in [-0.39, 0.29) is 23.3 Å². The van der Waals surface area contributed by atoms with Crippen molar-refractivity contribution >= 4 is 16.8 Å². The van der Waals surface area contributed by atoms with Crippen molar-refractivity contribution in [2.75, 3.05) is 19.6 Å². The smallest absolute Gasteiger partial charge is 0.261 e. The lowest BCUT2D eigenvalue weighted by Gasteiger charge is -2.34. The van der Waals surface area contributed by atoms with Crippen molar-refractivity contribution in [3.05, 3.63) is 40.9 Å². The highest BCUT2D eigenvalue weighted by Crippen LogP contribution is 2.26. The van der Waals surface area contributed by atoms with Crippen LogP contribution in [0.25, 0.3) is 10.9 Å². The van der Waals surface area contributed by atoms with E-state index in [9.17, 15) is 9.59 Å². The predicted octanol–water partition coefficient (Wildman–Crippen LogP) is 1.29. The number of carbonyl (C=O) groups excluding carboxylic acids is 1. The summed E-state index contributed by atoms with van der Waals surface area (Å²) in [5, 5.41) is 6.94. The fraction of sp³-hybridized carbons (Fsp3) is 0.500. The maximum Gasteiger partial charge on any atom is 0.261 e. The molecule has 3 rings (SSSR count). The van der Waals surface area contributed by atoms with E-state index in [0.29, 0.717) is 24.0 Å². The lowest BCUT2D eigenvalue weighted by Crippen LogP contribution is -2.43. The maximum absolute atomic E-state index is 12.4. The number of hydrogen-bond acceptors (Lipinski definition) is 4. The van der Waals surface area contributed by atoms with Crippen molar-refractivity contribution in [2.24, 2.45) is 5.41 Å². The molecule has 1 aromatic carbocycles. The summed E-state index contributed by atoms with van der Waals surface area (Å²) in [5.41, 5.74) is 0.753. The van der Waals surface area contributed by atoms with Gasteiger partial charge in [-0.3, -0.25) is 14.2 Å². The topological polar surface area (TPSA) is 76.0 Å². The van der Waals surface area contributed by atoms with Gasteiger partial charge in [0.25, 0.3) is 5.56 Å². The number of aromatic nitrogens is 2. The van der Waals surface area contributed by atoms with Gasteiger partial charge < -0.3 is 10.6 Å². The van der Waals surface area contributed by atoms with Crippen LogP contribution >= 0.6 is 0 Å². The van der Waals surface area contributed by atoms with Crippen molar-refractivity contribution in [2.45, 2.75) is 32.7 Å². The summed E-state index contributed by atoms with van der Waals surface area (Å²) in [6, 6.07) is 7.25. The molecule has 24 heavy (non-hydrogen) atoms. The van der Waals surface area contributed by atoms with Gasteiger partial charge in [0.15, 0.2) is 0 Å². The first-order chi connectivity index (χ1) is 11.6. The molecule has 0 radical (unpaired) electrons. The third kappa shape index (κ3) is 3.82. The summed E-state index contributed by atoms with van der Waals surface area (Å²) in [4.78, 5) is 28.8. The number of carbonyl (C=O) groups is 1. The molecule has 1 saturated heterocycles. The van der Waals surface area contributed by atoms with Gasteiger partial charge in [-0.25, -0.2) is 4.98 Å². The number of rotatable bonds is 5. The molecule has 6 nitrogen and oxygen atoms in total. The van der Waals surface area contributed by atoms with Crippen molar-refractivity contribution in [3.8, 4) is 0 Å². The molecule has 0 spiro atoms. The first kappa shape index (κ1) is 16.6. The normalized spacial score (nSPS) is 16.9. The molecule has 1 aliphatic heterocycles. The van der Waals surface area contributed by atoms with Crippen LogP contribution < -0.4 is 16.2 Å². The van der Waals surface area contributed by atoms with Crippen LogP contribution in [0.5, 0.6) is 0 Å². The molecule has 0 atom stereocenters. The molecule has 1 aliphatic rings.